The molecular formula is C29H22N4O4. The van der Waals surface area contributed by atoms with E-state index in [0.29, 0.717) is 28.0 Å². The molecule has 8 heteroatoms. The van der Waals surface area contributed by atoms with Crippen LogP contribution in [0, 0.1) is 6.92 Å². The minimum Gasteiger partial charge on any atom is -0.496 e. The summed E-state index contributed by atoms with van der Waals surface area (Å²) in [6.07, 6.45) is 1.60. The summed E-state index contributed by atoms with van der Waals surface area (Å²) in [5.74, 6) is 1.18. The second-order valence-electron chi connectivity index (χ2n) is 8.67. The van der Waals surface area contributed by atoms with Crippen molar-refractivity contribution < 1.29 is 13.9 Å². The molecule has 0 saturated heterocycles. The number of aromatic nitrogens is 3. The predicted molar refractivity (Wildman–Crippen MR) is 144 cm³/mol. The molecular weight excluding hydrogens is 468 g/mol. The Bertz CT molecular complexity index is 1940. The highest BCUT2D eigenvalue weighted by atomic mass is 16.5. The van der Waals surface area contributed by atoms with Crippen LogP contribution >= 0.6 is 0 Å². The molecule has 3 heterocycles. The first kappa shape index (κ1) is 22.5. The lowest BCUT2D eigenvalue weighted by Gasteiger charge is -2.07. The highest BCUT2D eigenvalue weighted by Crippen LogP contribution is 2.33. The van der Waals surface area contributed by atoms with Crippen molar-refractivity contribution in [3.05, 3.63) is 94.4 Å². The van der Waals surface area contributed by atoms with E-state index in [1.54, 1.807) is 42.2 Å². The average Bonchev–Trinajstić information content (AvgIpc) is 3.46. The molecule has 0 aliphatic carbocycles. The Morgan fingerprint density at radius 3 is 2.54 bits per heavy atom. The summed E-state index contributed by atoms with van der Waals surface area (Å²) in [6.45, 7) is 3.38. The third-order valence-corrected chi connectivity index (χ3v) is 6.49. The summed E-state index contributed by atoms with van der Waals surface area (Å²) in [4.78, 5) is 30.7. The van der Waals surface area contributed by atoms with Crippen LogP contribution in [-0.4, -0.2) is 33.5 Å². The number of benzene rings is 3. The van der Waals surface area contributed by atoms with Gasteiger partial charge in [-0.05, 0) is 43.3 Å². The van der Waals surface area contributed by atoms with E-state index in [2.05, 4.69) is 5.10 Å². The number of hydrogen-bond acceptors (Lipinski definition) is 6. The van der Waals surface area contributed by atoms with Crippen LogP contribution in [0.15, 0.2) is 87.1 Å². The van der Waals surface area contributed by atoms with Crippen molar-refractivity contribution in [2.75, 3.05) is 7.11 Å². The first-order valence-electron chi connectivity index (χ1n) is 11.7. The molecule has 0 aliphatic heterocycles. The van der Waals surface area contributed by atoms with Crippen LogP contribution in [0.2, 0.25) is 0 Å². The lowest BCUT2D eigenvalue weighted by Crippen LogP contribution is -2.20. The number of furan rings is 1. The molecule has 0 aliphatic rings. The number of para-hydroxylation sites is 2. The maximum absolute atomic E-state index is 13.6. The van der Waals surface area contributed by atoms with Gasteiger partial charge in [-0.25, -0.2) is 4.98 Å². The normalized spacial score (nSPS) is 11.8. The molecule has 8 nitrogen and oxygen atoms in total. The van der Waals surface area contributed by atoms with Gasteiger partial charge in [0, 0.05) is 23.6 Å². The maximum Gasteiger partial charge on any atom is 0.282 e. The van der Waals surface area contributed by atoms with Crippen molar-refractivity contribution in [1.82, 2.24) is 14.2 Å². The molecule has 0 bridgehead atoms. The zero-order valence-electron chi connectivity index (χ0n) is 20.4. The number of carbonyl (C=O) groups excluding carboxylic acids is 1. The lowest BCUT2D eigenvalue weighted by atomic mass is 10.1. The molecule has 37 heavy (non-hydrogen) atoms. The van der Waals surface area contributed by atoms with Gasteiger partial charge in [-0.2, -0.15) is 9.78 Å². The number of nitrogens with zero attached hydrogens (tertiary/aromatic N) is 4. The van der Waals surface area contributed by atoms with Crippen LogP contribution in [0.4, 0.5) is 0 Å². The fourth-order valence-electron chi connectivity index (χ4n) is 4.79. The average molecular weight is 491 g/mol. The number of carbonyl (C=O) groups is 1. The van der Waals surface area contributed by atoms with E-state index in [9.17, 15) is 9.59 Å². The van der Waals surface area contributed by atoms with E-state index >= 15 is 0 Å². The molecule has 0 amide bonds. The molecule has 0 atom stereocenters. The summed E-state index contributed by atoms with van der Waals surface area (Å²) in [5, 5.41) is 6.65. The highest BCUT2D eigenvalue weighted by Gasteiger charge is 2.19. The zero-order valence-corrected chi connectivity index (χ0v) is 20.4. The van der Waals surface area contributed by atoms with Crippen molar-refractivity contribution >= 4 is 44.9 Å². The fourth-order valence-corrected chi connectivity index (χ4v) is 4.79. The summed E-state index contributed by atoms with van der Waals surface area (Å²) in [5.41, 5.74) is 3.05. The zero-order chi connectivity index (χ0) is 25.7. The molecule has 6 aromatic rings. The van der Waals surface area contributed by atoms with Crippen molar-refractivity contribution in [1.29, 1.82) is 0 Å². The fraction of sp³-hybridized carbons (Fsp3) is 0.103. The molecule has 0 N–H and O–H groups in total. The van der Waals surface area contributed by atoms with Gasteiger partial charge in [-0.1, -0.05) is 36.4 Å². The van der Waals surface area contributed by atoms with E-state index in [-0.39, 0.29) is 17.3 Å². The third kappa shape index (κ3) is 3.53. The van der Waals surface area contributed by atoms with Crippen molar-refractivity contribution in [3.8, 4) is 17.3 Å². The summed E-state index contributed by atoms with van der Waals surface area (Å²) in [7, 11) is 1.59. The molecule has 182 valence electrons. The van der Waals surface area contributed by atoms with E-state index in [1.807, 2.05) is 55.5 Å². The van der Waals surface area contributed by atoms with E-state index in [4.69, 9.17) is 14.1 Å². The molecule has 3 aromatic heterocycles. The van der Waals surface area contributed by atoms with Crippen molar-refractivity contribution in [2.45, 2.75) is 13.8 Å². The third-order valence-electron chi connectivity index (χ3n) is 6.49. The summed E-state index contributed by atoms with van der Waals surface area (Å²) >= 11 is 0. The van der Waals surface area contributed by atoms with Gasteiger partial charge in [0.25, 0.3) is 5.56 Å². The highest BCUT2D eigenvalue weighted by molar-refractivity contribution is 6.05. The Hall–Kier alpha value is -4.98. The van der Waals surface area contributed by atoms with Gasteiger partial charge >= 0.3 is 0 Å². The number of rotatable bonds is 4. The topological polar surface area (TPSA) is 91.6 Å². The van der Waals surface area contributed by atoms with Crippen LogP contribution in [0.1, 0.15) is 23.0 Å². The Balaban J connectivity index is 1.61. The second-order valence-corrected chi connectivity index (χ2v) is 8.67. The minimum absolute atomic E-state index is 0.102. The SMILES string of the molecule is COc1cccc2oc(-c3nc4ccccc4c(=O)n3N=Cc3c(C)n(C(C)=O)c4ccccc34)cc12. The Kier molecular flexibility index (Phi) is 5.22. The van der Waals surface area contributed by atoms with Crippen LogP contribution in [-0.2, 0) is 0 Å². The number of methoxy groups -OCH3 is 1. The first-order chi connectivity index (χ1) is 18.0. The number of hydrogen-bond donors (Lipinski definition) is 0. The van der Waals surface area contributed by atoms with E-state index < -0.39 is 0 Å². The van der Waals surface area contributed by atoms with Crippen LogP contribution < -0.4 is 10.3 Å². The maximum atomic E-state index is 13.6. The first-order valence-corrected chi connectivity index (χ1v) is 11.7. The molecule has 0 saturated carbocycles. The largest absolute Gasteiger partial charge is 0.496 e. The summed E-state index contributed by atoms with van der Waals surface area (Å²) in [6, 6.07) is 22.0. The van der Waals surface area contributed by atoms with Gasteiger partial charge in [0.15, 0.2) is 5.76 Å². The molecule has 6 rings (SSSR count). The van der Waals surface area contributed by atoms with Gasteiger partial charge in [0.05, 0.1) is 35.1 Å². The van der Waals surface area contributed by atoms with E-state index in [1.165, 1.54) is 11.6 Å². The molecule has 0 unspecified atom stereocenters. The van der Waals surface area contributed by atoms with Gasteiger partial charge in [-0.3, -0.25) is 14.2 Å². The quantitative estimate of drug-likeness (QED) is 0.299. The number of fused-ring (bicyclic) bond motifs is 3. The molecule has 0 fully saturated rings. The second kappa shape index (κ2) is 8.60. The molecule has 0 radical (unpaired) electrons. The van der Waals surface area contributed by atoms with Gasteiger partial charge < -0.3 is 9.15 Å². The van der Waals surface area contributed by atoms with E-state index in [0.717, 1.165) is 27.5 Å². The van der Waals surface area contributed by atoms with Crippen molar-refractivity contribution in [2.24, 2.45) is 5.10 Å². The summed E-state index contributed by atoms with van der Waals surface area (Å²) < 4.78 is 14.5. The van der Waals surface area contributed by atoms with Crippen LogP contribution in [0.5, 0.6) is 5.75 Å². The number of ether oxygens (including phenoxy) is 1. The standard InChI is InChI=1S/C29H22N4O4/c1-17-22(19-9-5-7-12-24(19)32(17)18(2)34)16-30-33-28(31-23-11-6-4-10-20(23)29(33)35)27-15-21-25(36-3)13-8-14-26(21)37-27/h4-16H,1-3H3. The van der Waals surface area contributed by atoms with Gasteiger partial charge in [0.1, 0.15) is 11.3 Å². The van der Waals surface area contributed by atoms with Crippen LogP contribution in [0.3, 0.4) is 0 Å². The Labute approximate surface area is 211 Å². The predicted octanol–water partition coefficient (Wildman–Crippen LogP) is 5.62. The van der Waals surface area contributed by atoms with Gasteiger partial charge in [-0.15, -0.1) is 0 Å². The minimum atomic E-state index is -0.336. The smallest absolute Gasteiger partial charge is 0.282 e. The monoisotopic (exact) mass is 490 g/mol. The molecule has 0 spiro atoms. The van der Waals surface area contributed by atoms with Crippen LogP contribution in [0.25, 0.3) is 44.4 Å². The Morgan fingerprint density at radius 1 is 1.00 bits per heavy atom. The van der Waals surface area contributed by atoms with Gasteiger partial charge in [0.2, 0.25) is 11.7 Å². The lowest BCUT2D eigenvalue weighted by molar-refractivity contribution is 0.0939. The Morgan fingerprint density at radius 2 is 1.76 bits per heavy atom. The molecule has 3 aromatic carbocycles. The van der Waals surface area contributed by atoms with Crippen molar-refractivity contribution in [3.63, 3.8) is 0 Å².